The topological polar surface area (TPSA) is 89.9 Å². The average molecular weight is 368 g/mol. The molecule has 0 radical (unpaired) electrons. The average Bonchev–Trinajstić information content (AvgIpc) is 3.34. The lowest BCUT2D eigenvalue weighted by Gasteiger charge is -2.32. The molecule has 8 heteroatoms. The van der Waals surface area contributed by atoms with Gasteiger partial charge in [-0.3, -0.25) is 4.79 Å². The molecule has 7 nitrogen and oxygen atoms in total. The molecule has 26 heavy (non-hydrogen) atoms. The molecule has 1 saturated heterocycles. The molecule has 0 spiro atoms. The number of nitrogens with two attached hydrogens (primary N) is 1. The van der Waals surface area contributed by atoms with E-state index in [-0.39, 0.29) is 5.91 Å². The number of carbonyl (C=O) groups excluding carboxylic acids is 1. The second-order valence-electron chi connectivity index (χ2n) is 6.43. The Morgan fingerprint density at radius 1 is 1.23 bits per heavy atom. The van der Waals surface area contributed by atoms with E-state index in [2.05, 4.69) is 24.9 Å². The number of hydrogen-bond acceptors (Lipinski definition) is 6. The number of carbonyl (C=O) groups is 1. The number of pyridine rings is 1. The number of rotatable bonds is 4. The van der Waals surface area contributed by atoms with Crippen LogP contribution in [-0.4, -0.2) is 43.4 Å². The number of nitrogen functional groups attached to an aromatic ring is 1. The molecule has 134 valence electrons. The number of piperidine rings is 1. The Kier molecular flexibility index (Phi) is 4.66. The molecule has 0 atom stereocenters. The summed E-state index contributed by atoms with van der Waals surface area (Å²) in [4.78, 5) is 27.4. The number of aromatic nitrogens is 4. The highest BCUT2D eigenvalue weighted by Gasteiger charge is 2.27. The monoisotopic (exact) mass is 368 g/mol. The van der Waals surface area contributed by atoms with Crippen molar-refractivity contribution in [3.8, 4) is 0 Å². The molecule has 2 N–H and O–H groups in total. The zero-order valence-corrected chi connectivity index (χ0v) is 15.1. The van der Waals surface area contributed by atoms with E-state index in [0.29, 0.717) is 17.3 Å². The van der Waals surface area contributed by atoms with Crippen LogP contribution in [0.1, 0.15) is 40.6 Å². The van der Waals surface area contributed by atoms with Crippen LogP contribution in [0.25, 0.3) is 0 Å². The van der Waals surface area contributed by atoms with Gasteiger partial charge in [0.2, 0.25) is 0 Å². The van der Waals surface area contributed by atoms with Crippen molar-refractivity contribution in [3.63, 3.8) is 0 Å². The standard InChI is InChI=1S/C18H20N6OS/c19-16-9-14(1-4-20-16)18(25)23-6-2-13(3-7-23)17-21-5-8-24(17)10-15-11-26-12-22-15/h1,4-5,8-9,11-13H,2-3,6-7,10H2,(H2,19,20). The van der Waals surface area contributed by atoms with Gasteiger partial charge in [-0.1, -0.05) is 0 Å². The molecule has 4 heterocycles. The van der Waals surface area contributed by atoms with E-state index in [9.17, 15) is 4.79 Å². The minimum atomic E-state index is 0.0170. The summed E-state index contributed by atoms with van der Waals surface area (Å²) in [6.45, 7) is 2.18. The third-order valence-corrected chi connectivity index (χ3v) is 5.37. The minimum Gasteiger partial charge on any atom is -0.384 e. The van der Waals surface area contributed by atoms with E-state index < -0.39 is 0 Å². The SMILES string of the molecule is Nc1cc(C(=O)N2CCC(c3nccn3Cc3cscn3)CC2)ccn1. The van der Waals surface area contributed by atoms with Crippen LogP contribution >= 0.6 is 11.3 Å². The molecule has 3 aromatic rings. The summed E-state index contributed by atoms with van der Waals surface area (Å²) in [5, 5.41) is 2.06. The molecular weight excluding hydrogens is 348 g/mol. The van der Waals surface area contributed by atoms with E-state index in [1.165, 1.54) is 0 Å². The van der Waals surface area contributed by atoms with Gasteiger partial charge < -0.3 is 15.2 Å². The lowest BCUT2D eigenvalue weighted by atomic mass is 9.95. The first-order valence-electron chi connectivity index (χ1n) is 8.59. The van der Waals surface area contributed by atoms with E-state index in [1.54, 1.807) is 29.7 Å². The van der Waals surface area contributed by atoms with E-state index in [0.717, 1.165) is 44.0 Å². The Balaban J connectivity index is 1.41. The smallest absolute Gasteiger partial charge is 0.254 e. The number of anilines is 1. The van der Waals surface area contributed by atoms with Crippen molar-refractivity contribution in [1.82, 2.24) is 24.4 Å². The Morgan fingerprint density at radius 2 is 2.08 bits per heavy atom. The summed E-state index contributed by atoms with van der Waals surface area (Å²) < 4.78 is 2.17. The normalized spacial score (nSPS) is 15.3. The summed E-state index contributed by atoms with van der Waals surface area (Å²) in [6, 6.07) is 3.35. The van der Waals surface area contributed by atoms with Crippen LogP contribution < -0.4 is 5.73 Å². The molecular formula is C18H20N6OS. The summed E-state index contributed by atoms with van der Waals surface area (Å²) >= 11 is 1.60. The quantitative estimate of drug-likeness (QED) is 0.764. The van der Waals surface area contributed by atoms with Gasteiger partial charge >= 0.3 is 0 Å². The van der Waals surface area contributed by atoms with Crippen molar-refractivity contribution in [3.05, 3.63) is 58.7 Å². The highest BCUT2D eigenvalue weighted by Crippen LogP contribution is 2.28. The molecule has 0 aliphatic carbocycles. The fourth-order valence-corrected chi connectivity index (χ4v) is 3.96. The lowest BCUT2D eigenvalue weighted by Crippen LogP contribution is -2.38. The van der Waals surface area contributed by atoms with Gasteiger partial charge in [0.05, 0.1) is 17.7 Å². The van der Waals surface area contributed by atoms with Crippen molar-refractivity contribution < 1.29 is 4.79 Å². The fraction of sp³-hybridized carbons (Fsp3) is 0.333. The molecule has 1 amide bonds. The Bertz CT molecular complexity index is 883. The first-order chi connectivity index (χ1) is 12.7. The first-order valence-corrected chi connectivity index (χ1v) is 9.54. The fourth-order valence-electron chi connectivity index (χ4n) is 3.41. The number of nitrogens with zero attached hydrogens (tertiary/aromatic N) is 5. The van der Waals surface area contributed by atoms with Crippen LogP contribution in [0.15, 0.2) is 41.6 Å². The van der Waals surface area contributed by atoms with Gasteiger partial charge in [0.15, 0.2) is 0 Å². The first kappa shape index (κ1) is 16.7. The van der Waals surface area contributed by atoms with Gasteiger partial charge in [0.25, 0.3) is 5.91 Å². The Morgan fingerprint density at radius 3 is 2.81 bits per heavy atom. The minimum absolute atomic E-state index is 0.0170. The zero-order chi connectivity index (χ0) is 17.9. The molecule has 1 aliphatic heterocycles. The third kappa shape index (κ3) is 3.45. The van der Waals surface area contributed by atoms with Gasteiger partial charge in [-0.25, -0.2) is 15.0 Å². The number of imidazole rings is 1. The number of amides is 1. The summed E-state index contributed by atoms with van der Waals surface area (Å²) in [7, 11) is 0. The Hall–Kier alpha value is -2.74. The summed E-state index contributed by atoms with van der Waals surface area (Å²) in [6.07, 6.45) is 7.23. The van der Waals surface area contributed by atoms with Crippen molar-refractivity contribution in [2.75, 3.05) is 18.8 Å². The Labute approximate surface area is 155 Å². The summed E-state index contributed by atoms with van der Waals surface area (Å²) in [5.74, 6) is 1.83. The molecule has 4 rings (SSSR count). The third-order valence-electron chi connectivity index (χ3n) is 4.74. The zero-order valence-electron chi connectivity index (χ0n) is 14.3. The molecule has 0 bridgehead atoms. The lowest BCUT2D eigenvalue weighted by molar-refractivity contribution is 0.0710. The van der Waals surface area contributed by atoms with Crippen LogP contribution in [0.5, 0.6) is 0 Å². The van der Waals surface area contributed by atoms with Crippen LogP contribution in [-0.2, 0) is 6.54 Å². The highest BCUT2D eigenvalue weighted by molar-refractivity contribution is 7.07. The van der Waals surface area contributed by atoms with Gasteiger partial charge in [-0.15, -0.1) is 11.3 Å². The van der Waals surface area contributed by atoms with Crippen molar-refractivity contribution >= 4 is 23.1 Å². The second-order valence-corrected chi connectivity index (χ2v) is 7.15. The predicted octanol–water partition coefficient (Wildman–Crippen LogP) is 2.38. The molecule has 0 unspecified atom stereocenters. The van der Waals surface area contributed by atoms with E-state index in [1.807, 2.05) is 22.8 Å². The molecule has 0 aromatic carbocycles. The maximum absolute atomic E-state index is 12.6. The number of thiazole rings is 1. The van der Waals surface area contributed by atoms with Crippen molar-refractivity contribution in [2.24, 2.45) is 0 Å². The number of likely N-dealkylation sites (tertiary alicyclic amines) is 1. The van der Waals surface area contributed by atoms with Gasteiger partial charge in [-0.2, -0.15) is 0 Å². The van der Waals surface area contributed by atoms with Crippen LogP contribution in [0.4, 0.5) is 5.82 Å². The molecule has 3 aromatic heterocycles. The maximum atomic E-state index is 12.6. The van der Waals surface area contributed by atoms with Gasteiger partial charge in [0.1, 0.15) is 11.6 Å². The van der Waals surface area contributed by atoms with E-state index in [4.69, 9.17) is 5.73 Å². The number of hydrogen-bond donors (Lipinski definition) is 1. The highest BCUT2D eigenvalue weighted by atomic mass is 32.1. The maximum Gasteiger partial charge on any atom is 0.254 e. The second kappa shape index (κ2) is 7.25. The van der Waals surface area contributed by atoms with Crippen LogP contribution in [0.2, 0.25) is 0 Å². The molecule has 1 aliphatic rings. The predicted molar refractivity (Wildman–Crippen MR) is 100.0 cm³/mol. The van der Waals surface area contributed by atoms with Gasteiger partial charge in [0, 0.05) is 48.5 Å². The van der Waals surface area contributed by atoms with Crippen molar-refractivity contribution in [2.45, 2.75) is 25.3 Å². The largest absolute Gasteiger partial charge is 0.384 e. The van der Waals surface area contributed by atoms with Crippen molar-refractivity contribution in [1.29, 1.82) is 0 Å². The molecule has 0 saturated carbocycles. The summed E-state index contributed by atoms with van der Waals surface area (Å²) in [5.41, 5.74) is 9.19. The van der Waals surface area contributed by atoms with E-state index >= 15 is 0 Å². The van der Waals surface area contributed by atoms with Crippen LogP contribution in [0.3, 0.4) is 0 Å². The van der Waals surface area contributed by atoms with Gasteiger partial charge in [-0.05, 0) is 25.0 Å². The molecule has 1 fully saturated rings. The van der Waals surface area contributed by atoms with Crippen LogP contribution in [0, 0.1) is 0 Å².